The molecule has 0 spiro atoms. The van der Waals surface area contributed by atoms with Gasteiger partial charge in [-0.2, -0.15) is 5.26 Å². The Hall–Kier alpha value is -2.91. The molecule has 0 atom stereocenters. The first-order valence-electron chi connectivity index (χ1n) is 7.49. The molecule has 0 aliphatic heterocycles. The Morgan fingerprint density at radius 1 is 1.17 bits per heavy atom. The maximum absolute atomic E-state index is 9.12. The van der Waals surface area contributed by atoms with Crippen molar-refractivity contribution in [1.29, 1.82) is 5.26 Å². The Bertz CT molecular complexity index is 904. The fourth-order valence-electron chi connectivity index (χ4n) is 2.27. The lowest BCUT2D eigenvalue weighted by atomic mass is 10.2. The van der Waals surface area contributed by atoms with E-state index < -0.39 is 0 Å². The summed E-state index contributed by atoms with van der Waals surface area (Å²) in [7, 11) is 0. The number of fused-ring (bicyclic) bond motifs is 1. The van der Waals surface area contributed by atoms with Crippen LogP contribution >= 0.6 is 11.6 Å². The molecule has 0 radical (unpaired) electrons. The molecular weight excluding hydrogens is 324 g/mol. The van der Waals surface area contributed by atoms with Crippen molar-refractivity contribution >= 4 is 34.3 Å². The zero-order chi connectivity index (χ0) is 16.9. The molecule has 0 unspecified atom stereocenters. The van der Waals surface area contributed by atoms with Crippen LogP contribution in [0.1, 0.15) is 18.1 Å². The third kappa shape index (κ3) is 3.36. The van der Waals surface area contributed by atoms with Crippen LogP contribution < -0.4 is 10.6 Å². The van der Waals surface area contributed by atoms with Crippen molar-refractivity contribution in [3.8, 4) is 6.07 Å². The van der Waals surface area contributed by atoms with Crippen molar-refractivity contribution in [2.45, 2.75) is 13.5 Å². The third-order valence-electron chi connectivity index (χ3n) is 3.40. The molecule has 1 aromatic carbocycles. The van der Waals surface area contributed by atoms with Gasteiger partial charge in [-0.15, -0.1) is 0 Å². The summed E-state index contributed by atoms with van der Waals surface area (Å²) in [5, 5.41) is 16.0. The molecule has 0 saturated carbocycles. The SMILES string of the molecule is CCNc1nc2cc(Cl)c(C#N)cc2nc1NCc1cccnc1. The summed E-state index contributed by atoms with van der Waals surface area (Å²) in [5.41, 5.74) is 2.68. The topological polar surface area (TPSA) is 86.5 Å². The summed E-state index contributed by atoms with van der Waals surface area (Å²) in [4.78, 5) is 13.3. The summed E-state index contributed by atoms with van der Waals surface area (Å²) in [6.07, 6.45) is 3.53. The van der Waals surface area contributed by atoms with Crippen molar-refractivity contribution in [3.63, 3.8) is 0 Å². The van der Waals surface area contributed by atoms with E-state index in [1.54, 1.807) is 24.5 Å². The van der Waals surface area contributed by atoms with Crippen LogP contribution in [0.25, 0.3) is 11.0 Å². The number of nitrogens with zero attached hydrogens (tertiary/aromatic N) is 4. The van der Waals surface area contributed by atoms with Gasteiger partial charge in [-0.25, -0.2) is 9.97 Å². The minimum Gasteiger partial charge on any atom is -0.367 e. The lowest BCUT2D eigenvalue weighted by Crippen LogP contribution is -2.09. The van der Waals surface area contributed by atoms with Gasteiger partial charge in [0.15, 0.2) is 11.6 Å². The molecular formula is C17H15ClN6. The van der Waals surface area contributed by atoms with Gasteiger partial charge in [0.25, 0.3) is 0 Å². The van der Waals surface area contributed by atoms with E-state index in [9.17, 15) is 0 Å². The minimum atomic E-state index is 0.373. The van der Waals surface area contributed by atoms with Crippen LogP contribution in [0.3, 0.4) is 0 Å². The van der Waals surface area contributed by atoms with Gasteiger partial charge in [0, 0.05) is 25.5 Å². The smallest absolute Gasteiger partial charge is 0.170 e. The lowest BCUT2D eigenvalue weighted by molar-refractivity contribution is 1.07. The number of pyridine rings is 1. The number of rotatable bonds is 5. The molecule has 0 aliphatic rings. The van der Waals surface area contributed by atoms with Crippen LogP contribution in [-0.2, 0) is 6.54 Å². The number of nitrogens with one attached hydrogen (secondary N) is 2. The molecule has 0 amide bonds. The molecule has 7 heteroatoms. The van der Waals surface area contributed by atoms with Crippen LogP contribution in [0.5, 0.6) is 0 Å². The Morgan fingerprint density at radius 2 is 1.92 bits per heavy atom. The first-order chi connectivity index (χ1) is 11.7. The quantitative estimate of drug-likeness (QED) is 0.739. The summed E-state index contributed by atoms with van der Waals surface area (Å²) in [6, 6.07) is 9.24. The monoisotopic (exact) mass is 338 g/mol. The first-order valence-corrected chi connectivity index (χ1v) is 7.87. The second-order valence-electron chi connectivity index (χ2n) is 5.10. The zero-order valence-corrected chi connectivity index (χ0v) is 13.8. The Balaban J connectivity index is 1.99. The van der Waals surface area contributed by atoms with Crippen molar-refractivity contribution in [3.05, 3.63) is 52.8 Å². The van der Waals surface area contributed by atoms with E-state index in [2.05, 4.69) is 31.7 Å². The molecule has 0 fully saturated rings. The van der Waals surface area contributed by atoms with Gasteiger partial charge in [-0.05, 0) is 30.7 Å². The fourth-order valence-corrected chi connectivity index (χ4v) is 2.47. The van der Waals surface area contributed by atoms with Crippen LogP contribution in [-0.4, -0.2) is 21.5 Å². The summed E-state index contributed by atoms with van der Waals surface area (Å²) < 4.78 is 0. The van der Waals surface area contributed by atoms with E-state index in [0.29, 0.717) is 46.3 Å². The Kier molecular flexibility index (Phi) is 4.73. The van der Waals surface area contributed by atoms with E-state index in [0.717, 1.165) is 5.56 Å². The van der Waals surface area contributed by atoms with E-state index in [1.807, 2.05) is 19.1 Å². The molecule has 6 nitrogen and oxygen atoms in total. The largest absolute Gasteiger partial charge is 0.367 e. The van der Waals surface area contributed by atoms with E-state index in [1.165, 1.54) is 0 Å². The van der Waals surface area contributed by atoms with Crippen molar-refractivity contribution in [2.75, 3.05) is 17.2 Å². The van der Waals surface area contributed by atoms with E-state index in [-0.39, 0.29) is 0 Å². The molecule has 3 rings (SSSR count). The Labute approximate surface area is 144 Å². The normalized spacial score (nSPS) is 10.4. The number of hydrogen-bond donors (Lipinski definition) is 2. The molecule has 120 valence electrons. The predicted molar refractivity (Wildman–Crippen MR) is 95.0 cm³/mol. The molecule has 0 saturated heterocycles. The average Bonchev–Trinajstić information content (AvgIpc) is 2.60. The molecule has 0 aliphatic carbocycles. The van der Waals surface area contributed by atoms with Gasteiger partial charge < -0.3 is 10.6 Å². The van der Waals surface area contributed by atoms with Gasteiger partial charge in [0.05, 0.1) is 21.6 Å². The summed E-state index contributed by atoms with van der Waals surface area (Å²) in [5.74, 6) is 1.27. The van der Waals surface area contributed by atoms with Crippen molar-refractivity contribution < 1.29 is 0 Å². The zero-order valence-electron chi connectivity index (χ0n) is 13.0. The second-order valence-corrected chi connectivity index (χ2v) is 5.51. The highest BCUT2D eigenvalue weighted by Crippen LogP contribution is 2.26. The number of anilines is 2. The van der Waals surface area contributed by atoms with Gasteiger partial charge in [0.1, 0.15) is 6.07 Å². The standard InChI is InChI=1S/C17H15ClN6/c1-2-21-16-17(22-10-11-4-3-5-20-9-11)23-14-6-12(8-19)13(18)7-15(14)24-16/h3-7,9H,2,10H2,1H3,(H,21,24)(H,22,23). The van der Waals surface area contributed by atoms with Gasteiger partial charge >= 0.3 is 0 Å². The maximum atomic E-state index is 9.12. The van der Waals surface area contributed by atoms with Crippen molar-refractivity contribution in [2.24, 2.45) is 0 Å². The van der Waals surface area contributed by atoms with Crippen LogP contribution in [0.15, 0.2) is 36.7 Å². The second kappa shape index (κ2) is 7.11. The highest BCUT2D eigenvalue weighted by atomic mass is 35.5. The average molecular weight is 339 g/mol. The molecule has 3 aromatic rings. The highest BCUT2D eigenvalue weighted by Gasteiger charge is 2.11. The minimum absolute atomic E-state index is 0.373. The van der Waals surface area contributed by atoms with Crippen LogP contribution in [0, 0.1) is 11.3 Å². The van der Waals surface area contributed by atoms with Crippen LogP contribution in [0.4, 0.5) is 11.6 Å². The molecule has 2 N–H and O–H groups in total. The highest BCUT2D eigenvalue weighted by molar-refractivity contribution is 6.32. The maximum Gasteiger partial charge on any atom is 0.170 e. The lowest BCUT2D eigenvalue weighted by Gasteiger charge is -2.13. The molecule has 2 heterocycles. The fraction of sp³-hybridized carbons (Fsp3) is 0.176. The number of hydrogen-bond acceptors (Lipinski definition) is 6. The third-order valence-corrected chi connectivity index (χ3v) is 3.71. The number of halogens is 1. The predicted octanol–water partition coefficient (Wildman–Crippen LogP) is 3.59. The van der Waals surface area contributed by atoms with E-state index >= 15 is 0 Å². The number of aromatic nitrogens is 3. The van der Waals surface area contributed by atoms with E-state index in [4.69, 9.17) is 16.9 Å². The number of benzene rings is 1. The summed E-state index contributed by atoms with van der Waals surface area (Å²) in [6.45, 7) is 3.28. The Morgan fingerprint density at radius 3 is 2.58 bits per heavy atom. The molecule has 24 heavy (non-hydrogen) atoms. The first kappa shape index (κ1) is 16.0. The van der Waals surface area contributed by atoms with Gasteiger partial charge in [-0.3, -0.25) is 4.98 Å². The van der Waals surface area contributed by atoms with Crippen molar-refractivity contribution in [1.82, 2.24) is 15.0 Å². The number of nitriles is 1. The molecule has 0 bridgehead atoms. The molecule has 2 aromatic heterocycles. The summed E-state index contributed by atoms with van der Waals surface area (Å²) >= 11 is 6.08. The van der Waals surface area contributed by atoms with Gasteiger partial charge in [0.2, 0.25) is 0 Å². The van der Waals surface area contributed by atoms with Crippen LogP contribution in [0.2, 0.25) is 5.02 Å². The van der Waals surface area contributed by atoms with Gasteiger partial charge in [-0.1, -0.05) is 17.7 Å².